The maximum Gasteiger partial charge on any atom is 0.234 e. The van der Waals surface area contributed by atoms with E-state index < -0.39 is 5.82 Å². The molecule has 0 bridgehead atoms. The average molecular weight is 353 g/mol. The molecular weight excluding hydrogens is 339 g/mol. The molecule has 0 heterocycles. The van der Waals surface area contributed by atoms with E-state index in [-0.39, 0.29) is 23.3 Å². The highest BCUT2D eigenvalue weighted by Crippen LogP contribution is 2.27. The van der Waals surface area contributed by atoms with Gasteiger partial charge < -0.3 is 10.6 Å². The van der Waals surface area contributed by atoms with Crippen LogP contribution in [-0.2, 0) is 9.59 Å². The number of carbonyl (C=O) groups excluding carboxylic acids is 2. The lowest BCUT2D eigenvalue weighted by molar-refractivity contribution is -0.114. The Morgan fingerprint density at radius 1 is 1.17 bits per heavy atom. The van der Waals surface area contributed by atoms with E-state index >= 15 is 0 Å². The highest BCUT2D eigenvalue weighted by atomic mass is 35.5. The van der Waals surface area contributed by atoms with Crippen molar-refractivity contribution in [2.45, 2.75) is 11.8 Å². The first-order chi connectivity index (χ1) is 11.0. The Bertz CT molecular complexity index is 740. The molecule has 0 aliphatic rings. The SMILES string of the molecule is CC(=O)Nc1ccc(F)c(NC(=O)CSc2ccccc2Cl)c1. The topological polar surface area (TPSA) is 58.2 Å². The summed E-state index contributed by atoms with van der Waals surface area (Å²) < 4.78 is 13.7. The maximum atomic E-state index is 13.7. The molecule has 0 atom stereocenters. The monoisotopic (exact) mass is 352 g/mol. The molecule has 7 heteroatoms. The summed E-state index contributed by atoms with van der Waals surface area (Å²) in [7, 11) is 0. The summed E-state index contributed by atoms with van der Waals surface area (Å²) >= 11 is 7.27. The Balaban J connectivity index is 1.99. The van der Waals surface area contributed by atoms with Crippen LogP contribution in [0.25, 0.3) is 0 Å². The number of hydrogen-bond donors (Lipinski definition) is 2. The Hall–Kier alpha value is -2.05. The van der Waals surface area contributed by atoms with Crippen LogP contribution in [0, 0.1) is 5.82 Å². The van der Waals surface area contributed by atoms with Crippen LogP contribution in [-0.4, -0.2) is 17.6 Å². The first-order valence-corrected chi connectivity index (χ1v) is 8.06. The predicted molar refractivity (Wildman–Crippen MR) is 91.5 cm³/mol. The molecule has 2 N–H and O–H groups in total. The molecule has 23 heavy (non-hydrogen) atoms. The minimum absolute atomic E-state index is 0.0148. The van der Waals surface area contributed by atoms with Gasteiger partial charge in [-0.25, -0.2) is 4.39 Å². The van der Waals surface area contributed by atoms with Gasteiger partial charge in [0.25, 0.3) is 0 Å². The molecule has 2 aromatic carbocycles. The smallest absolute Gasteiger partial charge is 0.234 e. The first kappa shape index (κ1) is 17.3. The van der Waals surface area contributed by atoms with Crippen molar-refractivity contribution in [2.24, 2.45) is 0 Å². The van der Waals surface area contributed by atoms with E-state index in [2.05, 4.69) is 10.6 Å². The third-order valence-electron chi connectivity index (χ3n) is 2.76. The summed E-state index contributed by atoms with van der Waals surface area (Å²) in [5.74, 6) is -1.12. The summed E-state index contributed by atoms with van der Waals surface area (Å²) in [4.78, 5) is 23.7. The lowest BCUT2D eigenvalue weighted by Gasteiger charge is -2.09. The van der Waals surface area contributed by atoms with Crippen molar-refractivity contribution < 1.29 is 14.0 Å². The van der Waals surface area contributed by atoms with E-state index in [4.69, 9.17) is 11.6 Å². The number of rotatable bonds is 5. The maximum absolute atomic E-state index is 13.7. The third-order valence-corrected chi connectivity index (χ3v) is 4.27. The second kappa shape index (κ2) is 7.99. The molecule has 0 aromatic heterocycles. The molecule has 4 nitrogen and oxygen atoms in total. The number of anilines is 2. The second-order valence-corrected chi connectivity index (χ2v) is 6.07. The summed E-state index contributed by atoms with van der Waals surface area (Å²) in [6.07, 6.45) is 0. The van der Waals surface area contributed by atoms with E-state index in [0.29, 0.717) is 10.7 Å². The van der Waals surface area contributed by atoms with Gasteiger partial charge in [-0.1, -0.05) is 23.7 Å². The summed E-state index contributed by atoms with van der Waals surface area (Å²) in [6, 6.07) is 11.1. The highest BCUT2D eigenvalue weighted by Gasteiger charge is 2.10. The standard InChI is InChI=1S/C16H14ClFN2O2S/c1-10(21)19-11-6-7-13(18)14(8-11)20-16(22)9-23-15-5-3-2-4-12(15)17/h2-8H,9H2,1H3,(H,19,21)(H,20,22). The minimum atomic E-state index is -0.574. The average Bonchev–Trinajstić information content (AvgIpc) is 2.49. The summed E-state index contributed by atoms with van der Waals surface area (Å²) in [6.45, 7) is 1.35. The minimum Gasteiger partial charge on any atom is -0.326 e. The van der Waals surface area contributed by atoms with Gasteiger partial charge in [-0.3, -0.25) is 9.59 Å². The molecule has 120 valence electrons. The van der Waals surface area contributed by atoms with Crippen LogP contribution >= 0.6 is 23.4 Å². The highest BCUT2D eigenvalue weighted by molar-refractivity contribution is 8.00. The zero-order valence-corrected chi connectivity index (χ0v) is 13.8. The van der Waals surface area contributed by atoms with Gasteiger partial charge in [0, 0.05) is 17.5 Å². The summed E-state index contributed by atoms with van der Waals surface area (Å²) in [5, 5.41) is 5.58. The molecule has 0 aliphatic carbocycles. The normalized spacial score (nSPS) is 10.2. The molecule has 0 unspecified atom stereocenters. The van der Waals surface area contributed by atoms with E-state index in [1.54, 1.807) is 18.2 Å². The van der Waals surface area contributed by atoms with Gasteiger partial charge in [0.15, 0.2) is 0 Å². The Labute approximate surface area is 142 Å². The molecule has 0 spiro atoms. The van der Waals surface area contributed by atoms with Crippen LogP contribution < -0.4 is 10.6 Å². The van der Waals surface area contributed by atoms with Crippen LogP contribution in [0.15, 0.2) is 47.4 Å². The van der Waals surface area contributed by atoms with Gasteiger partial charge >= 0.3 is 0 Å². The lowest BCUT2D eigenvalue weighted by Crippen LogP contribution is -2.15. The molecular formula is C16H14ClFN2O2S. The van der Waals surface area contributed by atoms with Crippen LogP contribution in [0.3, 0.4) is 0 Å². The largest absolute Gasteiger partial charge is 0.326 e. The molecule has 0 saturated heterocycles. The molecule has 2 rings (SSSR count). The van der Waals surface area contributed by atoms with Crippen molar-refractivity contribution in [2.75, 3.05) is 16.4 Å². The Morgan fingerprint density at radius 3 is 2.61 bits per heavy atom. The first-order valence-electron chi connectivity index (χ1n) is 6.70. The number of benzene rings is 2. The summed E-state index contributed by atoms with van der Waals surface area (Å²) in [5.41, 5.74) is 0.425. The van der Waals surface area contributed by atoms with Crippen LogP contribution in [0.5, 0.6) is 0 Å². The van der Waals surface area contributed by atoms with Crippen molar-refractivity contribution >= 4 is 46.6 Å². The van der Waals surface area contributed by atoms with Crippen molar-refractivity contribution in [3.05, 3.63) is 53.3 Å². The number of nitrogens with one attached hydrogen (secondary N) is 2. The van der Waals surface area contributed by atoms with Gasteiger partial charge in [0.1, 0.15) is 5.82 Å². The fourth-order valence-corrected chi connectivity index (χ4v) is 2.83. The van der Waals surface area contributed by atoms with Gasteiger partial charge in [-0.05, 0) is 30.3 Å². The number of thioether (sulfide) groups is 1. The molecule has 2 aromatic rings. The molecule has 2 amide bonds. The number of hydrogen-bond acceptors (Lipinski definition) is 3. The zero-order valence-electron chi connectivity index (χ0n) is 12.2. The fourth-order valence-electron chi connectivity index (χ4n) is 1.79. The Morgan fingerprint density at radius 2 is 1.91 bits per heavy atom. The van der Waals surface area contributed by atoms with Gasteiger partial charge in [0.2, 0.25) is 11.8 Å². The lowest BCUT2D eigenvalue weighted by atomic mass is 10.2. The van der Waals surface area contributed by atoms with Crippen LogP contribution in [0.2, 0.25) is 5.02 Å². The molecule has 0 radical (unpaired) electrons. The van der Waals surface area contributed by atoms with E-state index in [1.807, 2.05) is 6.07 Å². The van der Waals surface area contributed by atoms with Crippen LogP contribution in [0.4, 0.5) is 15.8 Å². The van der Waals surface area contributed by atoms with Gasteiger partial charge in [0.05, 0.1) is 16.5 Å². The molecule has 0 saturated carbocycles. The van der Waals surface area contributed by atoms with Gasteiger partial charge in [-0.2, -0.15) is 0 Å². The third kappa shape index (κ3) is 5.26. The number of halogens is 2. The van der Waals surface area contributed by atoms with E-state index in [0.717, 1.165) is 4.90 Å². The van der Waals surface area contributed by atoms with Crippen molar-refractivity contribution in [3.63, 3.8) is 0 Å². The quantitative estimate of drug-likeness (QED) is 0.794. The van der Waals surface area contributed by atoms with Crippen LogP contribution in [0.1, 0.15) is 6.92 Å². The second-order valence-electron chi connectivity index (χ2n) is 4.64. The van der Waals surface area contributed by atoms with E-state index in [9.17, 15) is 14.0 Å². The molecule has 0 aliphatic heterocycles. The van der Waals surface area contributed by atoms with Crippen molar-refractivity contribution in [1.29, 1.82) is 0 Å². The number of amides is 2. The zero-order chi connectivity index (χ0) is 16.8. The van der Waals surface area contributed by atoms with Gasteiger partial charge in [-0.15, -0.1) is 11.8 Å². The number of carbonyl (C=O) groups is 2. The Kier molecular flexibility index (Phi) is 6.01. The predicted octanol–water partition coefficient (Wildman–Crippen LogP) is 4.17. The fraction of sp³-hybridized carbons (Fsp3) is 0.125. The van der Waals surface area contributed by atoms with E-state index in [1.165, 1.54) is 36.9 Å². The molecule has 0 fully saturated rings. The van der Waals surface area contributed by atoms with Crippen molar-refractivity contribution in [3.8, 4) is 0 Å². The van der Waals surface area contributed by atoms with Crippen molar-refractivity contribution in [1.82, 2.24) is 0 Å².